The highest BCUT2D eigenvalue weighted by atomic mass is 35.5. The van der Waals surface area contributed by atoms with Gasteiger partial charge in [-0.05, 0) is 29.8 Å². The van der Waals surface area contributed by atoms with Gasteiger partial charge in [-0.1, -0.05) is 6.92 Å². The molecule has 0 aliphatic heterocycles. The van der Waals surface area contributed by atoms with Gasteiger partial charge in [0.25, 0.3) is 0 Å². The van der Waals surface area contributed by atoms with Gasteiger partial charge in [-0.3, -0.25) is 4.57 Å². The number of nitrogens with one attached hydrogen (secondary N) is 1. The maximum atomic E-state index is 11.5. The van der Waals surface area contributed by atoms with Gasteiger partial charge in [-0.2, -0.15) is 15.0 Å². The van der Waals surface area contributed by atoms with Gasteiger partial charge in [-0.15, -0.1) is 5.10 Å². The summed E-state index contributed by atoms with van der Waals surface area (Å²) in [5.41, 5.74) is -0.267. The summed E-state index contributed by atoms with van der Waals surface area (Å²) in [6.45, 7) is 2.53. The van der Waals surface area contributed by atoms with Gasteiger partial charge in [0.15, 0.2) is 5.16 Å². The summed E-state index contributed by atoms with van der Waals surface area (Å²) in [6.07, 6.45) is 0.814. The number of hydrogen-bond donors (Lipinski definition) is 1. The second-order valence-corrected chi connectivity index (χ2v) is 4.71. The van der Waals surface area contributed by atoms with Crippen LogP contribution in [0, 0.1) is 0 Å². The molecule has 0 amide bonds. The molecule has 2 aromatic rings. The Bertz CT molecular complexity index is 627. The molecular formula is C9H11ClN6O2S. The molecule has 0 radical (unpaired) electrons. The van der Waals surface area contributed by atoms with Gasteiger partial charge in [0.2, 0.25) is 10.4 Å². The molecule has 0 atom stereocenters. The second-order valence-electron chi connectivity index (χ2n) is 3.44. The van der Waals surface area contributed by atoms with Crippen LogP contribution in [0.1, 0.15) is 13.3 Å². The summed E-state index contributed by atoms with van der Waals surface area (Å²) in [7, 11) is 1.43. The molecule has 0 aromatic carbocycles. The first-order valence-electron chi connectivity index (χ1n) is 5.42. The van der Waals surface area contributed by atoms with Crippen LogP contribution in [0.2, 0.25) is 5.28 Å². The lowest BCUT2D eigenvalue weighted by atomic mass is 10.5. The number of rotatable bonds is 5. The number of ether oxygens (including phenoxy) is 1. The van der Waals surface area contributed by atoms with Crippen molar-refractivity contribution in [1.82, 2.24) is 29.7 Å². The largest absolute Gasteiger partial charge is 0.467 e. The Morgan fingerprint density at radius 3 is 2.89 bits per heavy atom. The molecule has 0 fully saturated rings. The van der Waals surface area contributed by atoms with E-state index in [1.165, 1.54) is 11.7 Å². The van der Waals surface area contributed by atoms with Crippen molar-refractivity contribution in [2.45, 2.75) is 30.2 Å². The zero-order chi connectivity index (χ0) is 13.8. The Labute approximate surface area is 117 Å². The smallest absolute Gasteiger partial charge is 0.343 e. The van der Waals surface area contributed by atoms with E-state index >= 15 is 0 Å². The van der Waals surface area contributed by atoms with Crippen LogP contribution in [0.3, 0.4) is 0 Å². The van der Waals surface area contributed by atoms with Crippen LogP contribution in [0.4, 0.5) is 0 Å². The Morgan fingerprint density at radius 2 is 2.21 bits per heavy atom. The monoisotopic (exact) mass is 302 g/mol. The number of H-pyrrole nitrogens is 1. The first-order valence-corrected chi connectivity index (χ1v) is 6.62. The van der Waals surface area contributed by atoms with Gasteiger partial charge in [-0.25, -0.2) is 9.89 Å². The molecule has 0 unspecified atom stereocenters. The zero-order valence-corrected chi connectivity index (χ0v) is 11.8. The number of nitrogens with zero attached hydrogens (tertiary/aromatic N) is 5. The Hall–Kier alpha value is -1.61. The Morgan fingerprint density at radius 1 is 1.42 bits per heavy atom. The fourth-order valence-electron chi connectivity index (χ4n) is 1.34. The fraction of sp³-hybridized carbons (Fsp3) is 0.444. The molecule has 0 aliphatic carbocycles. The molecule has 1 N–H and O–H groups in total. The van der Waals surface area contributed by atoms with E-state index in [-0.39, 0.29) is 17.0 Å². The van der Waals surface area contributed by atoms with E-state index in [0.717, 1.165) is 18.2 Å². The molecule has 2 rings (SSSR count). The molecule has 8 nitrogen and oxygen atoms in total. The van der Waals surface area contributed by atoms with E-state index in [0.29, 0.717) is 16.9 Å². The fourth-order valence-corrected chi connectivity index (χ4v) is 2.33. The molecule has 2 aromatic heterocycles. The summed E-state index contributed by atoms with van der Waals surface area (Å²) in [4.78, 5) is 23.3. The van der Waals surface area contributed by atoms with E-state index in [2.05, 4.69) is 25.1 Å². The lowest BCUT2D eigenvalue weighted by Crippen LogP contribution is -2.17. The van der Waals surface area contributed by atoms with Crippen LogP contribution in [-0.4, -0.2) is 36.8 Å². The SMILES string of the molecule is CCCn1c(Sc2nc(Cl)nc(OC)n2)n[nH]c1=O. The lowest BCUT2D eigenvalue weighted by Gasteiger charge is -2.03. The summed E-state index contributed by atoms with van der Waals surface area (Å²) >= 11 is 6.86. The second kappa shape index (κ2) is 6.02. The van der Waals surface area contributed by atoms with Crippen LogP contribution < -0.4 is 10.4 Å². The van der Waals surface area contributed by atoms with Crippen molar-refractivity contribution >= 4 is 23.4 Å². The summed E-state index contributed by atoms with van der Waals surface area (Å²) in [6, 6.07) is 0.113. The number of aromatic nitrogens is 6. The Kier molecular flexibility index (Phi) is 4.38. The van der Waals surface area contributed by atoms with Crippen molar-refractivity contribution in [1.29, 1.82) is 0 Å². The van der Waals surface area contributed by atoms with Gasteiger partial charge in [0.05, 0.1) is 7.11 Å². The third kappa shape index (κ3) is 3.24. The van der Waals surface area contributed by atoms with Gasteiger partial charge >= 0.3 is 11.7 Å². The topological polar surface area (TPSA) is 98.6 Å². The average Bonchev–Trinajstić information content (AvgIpc) is 2.71. The average molecular weight is 303 g/mol. The molecule has 0 saturated heterocycles. The molecule has 0 bridgehead atoms. The van der Waals surface area contributed by atoms with Crippen molar-refractivity contribution in [3.63, 3.8) is 0 Å². The van der Waals surface area contributed by atoms with Crippen molar-refractivity contribution < 1.29 is 4.74 Å². The van der Waals surface area contributed by atoms with Gasteiger partial charge < -0.3 is 4.74 Å². The predicted octanol–water partition coefficient (Wildman–Crippen LogP) is 0.980. The molecule has 10 heteroatoms. The van der Waals surface area contributed by atoms with E-state index < -0.39 is 0 Å². The summed E-state index contributed by atoms with van der Waals surface area (Å²) in [5.74, 6) is 0. The first kappa shape index (κ1) is 13.8. The zero-order valence-electron chi connectivity index (χ0n) is 10.3. The standard InChI is InChI=1S/C9H11ClN6O2S/c1-3-4-16-8(17)14-15-9(16)19-7-12-5(10)11-6(13-7)18-2/h3-4H2,1-2H3,(H,14,17). The minimum atomic E-state index is -0.267. The lowest BCUT2D eigenvalue weighted by molar-refractivity contribution is 0.373. The number of hydrogen-bond acceptors (Lipinski definition) is 7. The normalized spacial score (nSPS) is 10.7. The van der Waals surface area contributed by atoms with Gasteiger partial charge in [0, 0.05) is 6.54 Å². The van der Waals surface area contributed by atoms with Crippen LogP contribution in [0.15, 0.2) is 15.1 Å². The van der Waals surface area contributed by atoms with Crippen molar-refractivity contribution in [2.24, 2.45) is 0 Å². The van der Waals surface area contributed by atoms with Crippen LogP contribution >= 0.6 is 23.4 Å². The van der Waals surface area contributed by atoms with E-state index in [1.807, 2.05) is 6.92 Å². The molecule has 19 heavy (non-hydrogen) atoms. The first-order chi connectivity index (χ1) is 9.13. The number of methoxy groups -OCH3 is 1. The van der Waals surface area contributed by atoms with Crippen molar-refractivity contribution in [2.75, 3.05) is 7.11 Å². The van der Waals surface area contributed by atoms with Crippen molar-refractivity contribution in [3.05, 3.63) is 15.8 Å². The van der Waals surface area contributed by atoms with E-state index in [9.17, 15) is 4.79 Å². The Balaban J connectivity index is 2.30. The molecular weight excluding hydrogens is 292 g/mol. The highest BCUT2D eigenvalue weighted by molar-refractivity contribution is 7.99. The predicted molar refractivity (Wildman–Crippen MR) is 68.7 cm³/mol. The van der Waals surface area contributed by atoms with E-state index in [4.69, 9.17) is 16.3 Å². The van der Waals surface area contributed by atoms with Crippen molar-refractivity contribution in [3.8, 4) is 6.01 Å². The van der Waals surface area contributed by atoms with Crippen LogP contribution in [0.25, 0.3) is 0 Å². The third-order valence-corrected chi connectivity index (χ3v) is 3.13. The third-order valence-electron chi connectivity index (χ3n) is 2.10. The highest BCUT2D eigenvalue weighted by Crippen LogP contribution is 2.23. The minimum absolute atomic E-state index is 0.0225. The maximum Gasteiger partial charge on any atom is 0.343 e. The van der Waals surface area contributed by atoms with E-state index in [1.54, 1.807) is 0 Å². The van der Waals surface area contributed by atoms with Crippen LogP contribution in [-0.2, 0) is 6.54 Å². The summed E-state index contributed by atoms with van der Waals surface area (Å²) in [5, 5.41) is 7.11. The minimum Gasteiger partial charge on any atom is -0.467 e. The summed E-state index contributed by atoms with van der Waals surface area (Å²) < 4.78 is 6.41. The quantitative estimate of drug-likeness (QED) is 0.879. The molecule has 0 saturated carbocycles. The van der Waals surface area contributed by atoms with Gasteiger partial charge in [0.1, 0.15) is 0 Å². The molecule has 2 heterocycles. The number of halogens is 1. The molecule has 0 aliphatic rings. The molecule has 0 spiro atoms. The molecule has 102 valence electrons. The highest BCUT2D eigenvalue weighted by Gasteiger charge is 2.13. The maximum absolute atomic E-state index is 11.5. The van der Waals surface area contributed by atoms with Crippen LogP contribution in [0.5, 0.6) is 6.01 Å². The number of aromatic amines is 1.